The molecule has 0 aromatic heterocycles. The molecule has 2 saturated carbocycles. The van der Waals surface area contributed by atoms with Gasteiger partial charge in [-0.25, -0.2) is 0 Å². The normalized spacial score (nSPS) is 82.3. The SMILES string of the molecule is CC12OC3(C)C4C(O)C1C1(C)OC4(C)C3C(O)C21. The lowest BCUT2D eigenvalue weighted by Crippen LogP contribution is -3.02. The van der Waals surface area contributed by atoms with E-state index >= 15 is 0 Å². The van der Waals surface area contributed by atoms with Gasteiger partial charge >= 0.3 is 0 Å². The van der Waals surface area contributed by atoms with E-state index in [1.807, 2.05) is 27.7 Å². The van der Waals surface area contributed by atoms with Crippen LogP contribution in [0, 0.1) is 23.7 Å². The highest BCUT2D eigenvalue weighted by Gasteiger charge is 2.94. The molecule has 0 aromatic rings. The van der Waals surface area contributed by atoms with Crippen LogP contribution in [0.15, 0.2) is 0 Å². The van der Waals surface area contributed by atoms with Gasteiger partial charge in [0, 0.05) is 23.7 Å². The van der Waals surface area contributed by atoms with Crippen molar-refractivity contribution < 1.29 is 19.7 Å². The van der Waals surface area contributed by atoms with Crippen molar-refractivity contribution in [1.82, 2.24) is 0 Å². The van der Waals surface area contributed by atoms with Crippen molar-refractivity contribution >= 4 is 0 Å². The summed E-state index contributed by atoms with van der Waals surface area (Å²) in [6.45, 7) is 8.16. The van der Waals surface area contributed by atoms with Gasteiger partial charge in [-0.2, -0.15) is 0 Å². The summed E-state index contributed by atoms with van der Waals surface area (Å²) in [4.78, 5) is 0. The second kappa shape index (κ2) is 2.20. The molecule has 0 amide bonds. The first-order valence-electron chi connectivity index (χ1n) is 6.98. The molecule has 2 aliphatic carbocycles. The number of ether oxygens (including phenoxy) is 2. The number of aliphatic hydroxyl groups is 2. The third-order valence-corrected chi connectivity index (χ3v) is 7.19. The third kappa shape index (κ3) is 0.606. The zero-order valence-electron chi connectivity index (χ0n) is 11.2. The highest BCUT2D eigenvalue weighted by molar-refractivity contribution is 5.41. The number of hydrogen-bond acceptors (Lipinski definition) is 4. The average molecular weight is 252 g/mol. The second-order valence-corrected chi connectivity index (χ2v) is 7.83. The van der Waals surface area contributed by atoms with E-state index in [2.05, 4.69) is 0 Å². The number of rotatable bonds is 0. The summed E-state index contributed by atoms with van der Waals surface area (Å²) >= 11 is 0. The van der Waals surface area contributed by atoms with Gasteiger partial charge in [-0.15, -0.1) is 0 Å². The predicted octanol–water partition coefficient (Wildman–Crippen LogP) is 0.309. The predicted molar refractivity (Wildman–Crippen MR) is 61.8 cm³/mol. The second-order valence-electron chi connectivity index (χ2n) is 7.83. The highest BCUT2D eigenvalue weighted by Crippen LogP contribution is 2.82. The molecular weight excluding hydrogens is 232 g/mol. The van der Waals surface area contributed by atoms with Gasteiger partial charge in [0.1, 0.15) is 0 Å². The zero-order chi connectivity index (χ0) is 12.9. The van der Waals surface area contributed by atoms with Crippen LogP contribution in [-0.4, -0.2) is 44.8 Å². The van der Waals surface area contributed by atoms with Crippen LogP contribution in [0.25, 0.3) is 0 Å². The summed E-state index contributed by atoms with van der Waals surface area (Å²) < 4.78 is 12.8. The summed E-state index contributed by atoms with van der Waals surface area (Å²) in [5.41, 5.74) is -1.68. The molecule has 4 nitrogen and oxygen atoms in total. The van der Waals surface area contributed by atoms with E-state index in [1.165, 1.54) is 0 Å². The molecule has 100 valence electrons. The van der Waals surface area contributed by atoms with Crippen LogP contribution < -0.4 is 0 Å². The lowest BCUT2D eigenvalue weighted by atomic mass is 9.29. The van der Waals surface area contributed by atoms with Crippen molar-refractivity contribution in [3.8, 4) is 0 Å². The van der Waals surface area contributed by atoms with Gasteiger partial charge in [0.05, 0.1) is 34.6 Å². The Morgan fingerprint density at radius 3 is 1.06 bits per heavy atom. The molecule has 6 fully saturated rings. The molecule has 0 unspecified atom stereocenters. The van der Waals surface area contributed by atoms with E-state index < -0.39 is 22.4 Å². The summed E-state index contributed by atoms with van der Waals surface area (Å²) in [5.74, 6) is -0.0109. The molecule has 6 rings (SSSR count). The van der Waals surface area contributed by atoms with Crippen molar-refractivity contribution in [2.45, 2.75) is 62.3 Å². The first-order chi connectivity index (χ1) is 8.21. The Morgan fingerprint density at radius 2 is 0.833 bits per heavy atom. The first-order valence-corrected chi connectivity index (χ1v) is 6.98. The van der Waals surface area contributed by atoms with E-state index in [0.717, 1.165) is 0 Å². The maximum atomic E-state index is 10.7. The summed E-state index contributed by atoms with van der Waals surface area (Å²) in [7, 11) is 0. The average Bonchev–Trinajstić information content (AvgIpc) is 2.08. The van der Waals surface area contributed by atoms with Gasteiger partial charge in [0.2, 0.25) is 0 Å². The molecule has 4 saturated heterocycles. The molecule has 6 aliphatic rings. The van der Waals surface area contributed by atoms with E-state index in [4.69, 9.17) is 9.47 Å². The fraction of sp³-hybridized carbons (Fsp3) is 1.00. The standard InChI is InChI=1S/C14H20O4/c1-11-7-5(15)9-13(3,17-11)10-6(16)8(11)12(7,2)18-14(9,10)4/h5-10,15-16H,1-4H3. The Kier molecular flexibility index (Phi) is 1.30. The van der Waals surface area contributed by atoms with Gasteiger partial charge in [-0.1, -0.05) is 0 Å². The molecule has 4 heteroatoms. The Labute approximate surface area is 106 Å². The van der Waals surface area contributed by atoms with Gasteiger partial charge in [0.25, 0.3) is 0 Å². The van der Waals surface area contributed by atoms with Crippen LogP contribution >= 0.6 is 0 Å². The van der Waals surface area contributed by atoms with Crippen LogP contribution in [0.5, 0.6) is 0 Å². The van der Waals surface area contributed by atoms with E-state index in [0.29, 0.717) is 0 Å². The van der Waals surface area contributed by atoms with Crippen molar-refractivity contribution in [2.24, 2.45) is 23.7 Å². The van der Waals surface area contributed by atoms with Gasteiger partial charge in [0.15, 0.2) is 0 Å². The van der Waals surface area contributed by atoms with Crippen molar-refractivity contribution in [1.29, 1.82) is 0 Å². The highest BCUT2D eigenvalue weighted by atomic mass is 16.6. The smallest absolute Gasteiger partial charge is 0.0823 e. The maximum Gasteiger partial charge on any atom is 0.0823 e. The van der Waals surface area contributed by atoms with E-state index in [1.54, 1.807) is 0 Å². The molecular formula is C14H20O4. The first kappa shape index (κ1) is 10.6. The Morgan fingerprint density at radius 1 is 0.611 bits per heavy atom. The quantitative estimate of drug-likeness (QED) is 0.651. The van der Waals surface area contributed by atoms with Crippen molar-refractivity contribution in [3.63, 3.8) is 0 Å². The monoisotopic (exact) mass is 252 g/mol. The minimum absolute atomic E-state index is 0.00273. The minimum Gasteiger partial charge on any atom is -0.392 e. The molecule has 0 radical (unpaired) electrons. The largest absolute Gasteiger partial charge is 0.392 e. The minimum atomic E-state index is -0.420. The van der Waals surface area contributed by atoms with Crippen LogP contribution in [-0.2, 0) is 9.47 Å². The molecule has 0 spiro atoms. The Balaban J connectivity index is 1.81. The lowest BCUT2D eigenvalue weighted by Gasteiger charge is -2.90. The molecule has 18 heavy (non-hydrogen) atoms. The molecule has 4 heterocycles. The zero-order valence-corrected chi connectivity index (χ0v) is 11.2. The van der Waals surface area contributed by atoms with Crippen molar-refractivity contribution in [3.05, 3.63) is 0 Å². The van der Waals surface area contributed by atoms with E-state index in [-0.39, 0.29) is 35.9 Å². The molecule has 0 aromatic carbocycles. The molecule has 2 N–H and O–H groups in total. The number of hydrogen-bond donors (Lipinski definition) is 2. The van der Waals surface area contributed by atoms with Gasteiger partial charge in [-0.05, 0) is 27.7 Å². The summed E-state index contributed by atoms with van der Waals surface area (Å²) in [5, 5.41) is 21.5. The van der Waals surface area contributed by atoms with E-state index in [9.17, 15) is 10.2 Å². The fourth-order valence-electron chi connectivity index (χ4n) is 7.41. The molecule has 8 bridgehead atoms. The summed E-state index contributed by atoms with van der Waals surface area (Å²) in [6, 6.07) is 0. The topological polar surface area (TPSA) is 58.9 Å². The van der Waals surface area contributed by atoms with Crippen LogP contribution in [0.2, 0.25) is 0 Å². The van der Waals surface area contributed by atoms with Gasteiger partial charge in [-0.3, -0.25) is 0 Å². The van der Waals surface area contributed by atoms with Crippen LogP contribution in [0.4, 0.5) is 0 Å². The van der Waals surface area contributed by atoms with Crippen LogP contribution in [0.3, 0.4) is 0 Å². The third-order valence-electron chi connectivity index (χ3n) is 7.19. The Bertz CT molecular complexity index is 386. The van der Waals surface area contributed by atoms with Crippen LogP contribution in [0.1, 0.15) is 27.7 Å². The summed E-state index contributed by atoms with van der Waals surface area (Å²) in [6.07, 6.45) is -0.727. The fourth-order valence-corrected chi connectivity index (χ4v) is 7.41. The van der Waals surface area contributed by atoms with Crippen molar-refractivity contribution in [2.75, 3.05) is 0 Å². The maximum absolute atomic E-state index is 10.7. The molecule has 0 atom stereocenters. The Hall–Kier alpha value is -0.160. The lowest BCUT2D eigenvalue weighted by molar-refractivity contribution is -0.577. The van der Waals surface area contributed by atoms with Gasteiger partial charge < -0.3 is 19.7 Å². The number of aliphatic hydroxyl groups excluding tert-OH is 2. The molecule has 4 aliphatic heterocycles.